The van der Waals surface area contributed by atoms with Crippen molar-refractivity contribution in [2.24, 2.45) is 5.92 Å². The first-order chi connectivity index (χ1) is 9.25. The monoisotopic (exact) mass is 256 g/mol. The summed E-state index contributed by atoms with van der Waals surface area (Å²) in [4.78, 5) is 8.04. The second kappa shape index (κ2) is 6.88. The van der Waals surface area contributed by atoms with Crippen molar-refractivity contribution in [1.29, 1.82) is 0 Å². The van der Waals surface area contributed by atoms with E-state index in [2.05, 4.69) is 23.8 Å². The van der Waals surface area contributed by atoms with Crippen LogP contribution in [0.5, 0.6) is 5.75 Å². The molecule has 0 unspecified atom stereocenters. The molecule has 2 aromatic rings. The van der Waals surface area contributed by atoms with E-state index in [1.54, 1.807) is 0 Å². The van der Waals surface area contributed by atoms with Gasteiger partial charge in [-0.1, -0.05) is 26.0 Å². The zero-order valence-electron chi connectivity index (χ0n) is 11.5. The molecular weight excluding hydrogens is 236 g/mol. The molecule has 1 heterocycles. The van der Waals surface area contributed by atoms with Crippen LogP contribution in [-0.2, 0) is 0 Å². The molecule has 0 aliphatic rings. The molecule has 0 saturated carbocycles. The molecule has 0 bridgehead atoms. The van der Waals surface area contributed by atoms with Gasteiger partial charge in [-0.05, 0) is 36.5 Å². The van der Waals surface area contributed by atoms with Crippen LogP contribution in [0, 0.1) is 5.92 Å². The average Bonchev–Trinajstić information content (AvgIpc) is 2.45. The molecule has 3 nitrogen and oxygen atoms in total. The van der Waals surface area contributed by atoms with Gasteiger partial charge in [-0.25, -0.2) is 9.97 Å². The van der Waals surface area contributed by atoms with Crippen molar-refractivity contribution in [1.82, 2.24) is 9.97 Å². The van der Waals surface area contributed by atoms with E-state index in [4.69, 9.17) is 4.74 Å². The predicted octanol–water partition coefficient (Wildman–Crippen LogP) is 3.96. The number of aromatic nitrogens is 2. The second-order valence-electron chi connectivity index (χ2n) is 5.04. The summed E-state index contributed by atoms with van der Waals surface area (Å²) in [5, 5.41) is 0. The van der Waals surface area contributed by atoms with E-state index in [1.165, 1.54) is 12.7 Å². The van der Waals surface area contributed by atoms with Gasteiger partial charge in [0.25, 0.3) is 0 Å². The lowest BCUT2D eigenvalue weighted by atomic mass is 10.1. The van der Waals surface area contributed by atoms with Crippen molar-refractivity contribution in [3.8, 4) is 16.9 Å². The molecule has 0 N–H and O–H groups in total. The average molecular weight is 256 g/mol. The summed E-state index contributed by atoms with van der Waals surface area (Å²) in [5.41, 5.74) is 2.13. The van der Waals surface area contributed by atoms with Crippen LogP contribution in [0.3, 0.4) is 0 Å². The topological polar surface area (TPSA) is 35.0 Å². The lowest BCUT2D eigenvalue weighted by Crippen LogP contribution is -1.99. The molecule has 19 heavy (non-hydrogen) atoms. The molecule has 0 spiro atoms. The van der Waals surface area contributed by atoms with Crippen LogP contribution in [0.25, 0.3) is 11.1 Å². The maximum atomic E-state index is 5.72. The second-order valence-corrected chi connectivity index (χ2v) is 5.04. The number of benzene rings is 1. The molecule has 0 radical (unpaired) electrons. The van der Waals surface area contributed by atoms with E-state index in [1.807, 2.05) is 36.7 Å². The van der Waals surface area contributed by atoms with E-state index in [-0.39, 0.29) is 0 Å². The Labute approximate surface area is 114 Å². The zero-order valence-corrected chi connectivity index (χ0v) is 11.5. The van der Waals surface area contributed by atoms with Gasteiger partial charge in [0.2, 0.25) is 0 Å². The Bertz CT molecular complexity index is 480. The van der Waals surface area contributed by atoms with Crippen LogP contribution in [0.2, 0.25) is 0 Å². The molecular formula is C16H20N2O. The first-order valence-electron chi connectivity index (χ1n) is 6.74. The van der Waals surface area contributed by atoms with E-state index < -0.39 is 0 Å². The first-order valence-corrected chi connectivity index (χ1v) is 6.74. The van der Waals surface area contributed by atoms with Crippen LogP contribution in [-0.4, -0.2) is 16.6 Å². The SMILES string of the molecule is CC(C)CCCOc1ccc(-c2cncnc2)cc1. The van der Waals surface area contributed by atoms with Gasteiger partial charge in [-0.3, -0.25) is 0 Å². The van der Waals surface area contributed by atoms with Gasteiger partial charge >= 0.3 is 0 Å². The van der Waals surface area contributed by atoms with Gasteiger partial charge in [0, 0.05) is 18.0 Å². The smallest absolute Gasteiger partial charge is 0.119 e. The molecule has 2 rings (SSSR count). The van der Waals surface area contributed by atoms with E-state index in [0.29, 0.717) is 0 Å². The van der Waals surface area contributed by atoms with Crippen LogP contribution < -0.4 is 4.74 Å². The highest BCUT2D eigenvalue weighted by molar-refractivity contribution is 5.62. The first kappa shape index (κ1) is 13.5. The van der Waals surface area contributed by atoms with Gasteiger partial charge in [-0.15, -0.1) is 0 Å². The van der Waals surface area contributed by atoms with Gasteiger partial charge in [0.05, 0.1) is 6.61 Å². The Morgan fingerprint density at radius 3 is 2.32 bits per heavy atom. The molecule has 0 saturated heterocycles. The molecule has 1 aromatic carbocycles. The lowest BCUT2D eigenvalue weighted by Gasteiger charge is -2.08. The predicted molar refractivity (Wildman–Crippen MR) is 77.0 cm³/mol. The molecule has 0 amide bonds. The lowest BCUT2D eigenvalue weighted by molar-refractivity contribution is 0.298. The number of ether oxygens (including phenoxy) is 1. The summed E-state index contributed by atoms with van der Waals surface area (Å²) in [7, 11) is 0. The van der Waals surface area contributed by atoms with Gasteiger partial charge in [-0.2, -0.15) is 0 Å². The van der Waals surface area contributed by atoms with E-state index in [0.717, 1.165) is 35.8 Å². The Hall–Kier alpha value is -1.90. The third-order valence-corrected chi connectivity index (χ3v) is 2.94. The van der Waals surface area contributed by atoms with Crippen molar-refractivity contribution in [2.75, 3.05) is 6.61 Å². The highest BCUT2D eigenvalue weighted by Gasteiger charge is 1.99. The van der Waals surface area contributed by atoms with Crippen molar-refractivity contribution < 1.29 is 4.74 Å². The maximum Gasteiger partial charge on any atom is 0.119 e. The number of hydrogen-bond donors (Lipinski definition) is 0. The fourth-order valence-corrected chi connectivity index (χ4v) is 1.87. The molecule has 3 heteroatoms. The van der Waals surface area contributed by atoms with Crippen molar-refractivity contribution >= 4 is 0 Å². The summed E-state index contributed by atoms with van der Waals surface area (Å²) >= 11 is 0. The highest BCUT2D eigenvalue weighted by Crippen LogP contribution is 2.21. The van der Waals surface area contributed by atoms with Crippen molar-refractivity contribution in [2.45, 2.75) is 26.7 Å². The summed E-state index contributed by atoms with van der Waals surface area (Å²) in [5.74, 6) is 1.66. The van der Waals surface area contributed by atoms with E-state index in [9.17, 15) is 0 Å². The number of hydrogen-bond acceptors (Lipinski definition) is 3. The standard InChI is InChI=1S/C16H20N2O/c1-13(2)4-3-9-19-16-7-5-14(6-8-16)15-10-17-12-18-11-15/h5-8,10-13H,3-4,9H2,1-2H3. The minimum Gasteiger partial charge on any atom is -0.494 e. The minimum atomic E-state index is 0.740. The summed E-state index contributed by atoms with van der Waals surface area (Å²) in [6.07, 6.45) is 7.47. The molecule has 100 valence electrons. The molecule has 0 aliphatic heterocycles. The third kappa shape index (κ3) is 4.36. The normalized spacial score (nSPS) is 10.7. The van der Waals surface area contributed by atoms with Crippen LogP contribution >= 0.6 is 0 Å². The molecule has 1 aromatic heterocycles. The largest absolute Gasteiger partial charge is 0.494 e. The van der Waals surface area contributed by atoms with Crippen molar-refractivity contribution in [3.05, 3.63) is 43.0 Å². The van der Waals surface area contributed by atoms with Crippen LogP contribution in [0.1, 0.15) is 26.7 Å². The summed E-state index contributed by atoms with van der Waals surface area (Å²) in [6, 6.07) is 8.07. The molecule has 0 aliphatic carbocycles. The zero-order chi connectivity index (χ0) is 13.5. The van der Waals surface area contributed by atoms with E-state index >= 15 is 0 Å². The Morgan fingerprint density at radius 2 is 1.68 bits per heavy atom. The fraction of sp³-hybridized carbons (Fsp3) is 0.375. The molecule has 0 fully saturated rings. The number of nitrogens with zero attached hydrogens (tertiary/aromatic N) is 2. The molecule has 0 atom stereocenters. The maximum absolute atomic E-state index is 5.72. The van der Waals surface area contributed by atoms with Gasteiger partial charge in [0.1, 0.15) is 12.1 Å². The number of rotatable bonds is 6. The summed E-state index contributed by atoms with van der Waals surface area (Å²) < 4.78 is 5.72. The highest BCUT2D eigenvalue weighted by atomic mass is 16.5. The van der Waals surface area contributed by atoms with Crippen LogP contribution in [0.15, 0.2) is 43.0 Å². The third-order valence-electron chi connectivity index (χ3n) is 2.94. The summed E-state index contributed by atoms with van der Waals surface area (Å²) in [6.45, 7) is 5.25. The minimum absolute atomic E-state index is 0.740. The fourth-order valence-electron chi connectivity index (χ4n) is 1.87. The Morgan fingerprint density at radius 1 is 1.00 bits per heavy atom. The Kier molecular flexibility index (Phi) is 4.90. The quantitative estimate of drug-likeness (QED) is 0.734. The van der Waals surface area contributed by atoms with Crippen molar-refractivity contribution in [3.63, 3.8) is 0 Å². The Balaban J connectivity index is 1.88. The van der Waals surface area contributed by atoms with Gasteiger partial charge in [0.15, 0.2) is 0 Å². The van der Waals surface area contributed by atoms with Crippen LogP contribution in [0.4, 0.5) is 0 Å². The van der Waals surface area contributed by atoms with Gasteiger partial charge < -0.3 is 4.74 Å².